The maximum Gasteiger partial charge on any atom is 0.326 e. The minimum atomic E-state index is -1.22. The van der Waals surface area contributed by atoms with Gasteiger partial charge < -0.3 is 10.0 Å². The van der Waals surface area contributed by atoms with Gasteiger partial charge in [-0.25, -0.2) is 9.78 Å². The summed E-state index contributed by atoms with van der Waals surface area (Å²) in [6, 6.07) is -0.00345. The van der Waals surface area contributed by atoms with Crippen molar-refractivity contribution in [3.63, 3.8) is 0 Å². The molecule has 0 saturated heterocycles. The highest BCUT2D eigenvalue weighted by molar-refractivity contribution is 6.32. The lowest BCUT2D eigenvalue weighted by Crippen LogP contribution is -2.40. The maximum absolute atomic E-state index is 12.0. The predicted octanol–water partition coefficient (Wildman–Crippen LogP) is 1.19. The number of carboxylic acids is 1. The first-order valence-electron chi connectivity index (χ1n) is 5.06. The summed E-state index contributed by atoms with van der Waals surface area (Å²) in [5, 5.41) is 19.3. The molecule has 0 aliphatic rings. The largest absolute Gasteiger partial charge is 0.480 e. The molecule has 1 heterocycles. The molecule has 1 unspecified atom stereocenters. The van der Waals surface area contributed by atoms with Gasteiger partial charge in [0.1, 0.15) is 11.6 Å². The van der Waals surface area contributed by atoms with Crippen molar-refractivity contribution < 1.29 is 19.6 Å². The molecular formula is C10H10ClN3O5. The van der Waals surface area contributed by atoms with Gasteiger partial charge in [0.05, 0.1) is 4.92 Å². The number of halogens is 1. The van der Waals surface area contributed by atoms with E-state index < -0.39 is 33.7 Å². The van der Waals surface area contributed by atoms with Gasteiger partial charge in [0, 0.05) is 13.2 Å². The van der Waals surface area contributed by atoms with Crippen molar-refractivity contribution in [1.29, 1.82) is 0 Å². The summed E-state index contributed by atoms with van der Waals surface area (Å²) in [6.45, 7) is 1.29. The molecule has 8 nitrogen and oxygen atoms in total. The Morgan fingerprint density at radius 3 is 2.63 bits per heavy atom. The third kappa shape index (κ3) is 2.97. The van der Waals surface area contributed by atoms with Crippen molar-refractivity contribution in [2.24, 2.45) is 0 Å². The van der Waals surface area contributed by atoms with Crippen LogP contribution in [0.3, 0.4) is 0 Å². The van der Waals surface area contributed by atoms with Crippen molar-refractivity contribution in [2.45, 2.75) is 13.0 Å². The van der Waals surface area contributed by atoms with Gasteiger partial charge in [0.25, 0.3) is 5.91 Å². The molecule has 0 spiro atoms. The number of nitro groups is 1. The van der Waals surface area contributed by atoms with Gasteiger partial charge in [-0.3, -0.25) is 14.9 Å². The van der Waals surface area contributed by atoms with E-state index in [1.165, 1.54) is 14.0 Å². The third-order valence-electron chi connectivity index (χ3n) is 2.55. The van der Waals surface area contributed by atoms with E-state index in [1.807, 2.05) is 0 Å². The van der Waals surface area contributed by atoms with Gasteiger partial charge in [0.2, 0.25) is 5.15 Å². The fourth-order valence-corrected chi connectivity index (χ4v) is 1.53. The maximum atomic E-state index is 12.0. The van der Waals surface area contributed by atoms with Crippen LogP contribution in [-0.2, 0) is 4.79 Å². The number of pyridine rings is 1. The van der Waals surface area contributed by atoms with Crippen molar-refractivity contribution in [3.05, 3.63) is 33.1 Å². The summed E-state index contributed by atoms with van der Waals surface area (Å²) in [5.74, 6) is -2.04. The smallest absolute Gasteiger partial charge is 0.326 e. The fraction of sp³-hybridized carbons (Fsp3) is 0.300. The number of amides is 1. The predicted molar refractivity (Wildman–Crippen MR) is 65.1 cm³/mol. The van der Waals surface area contributed by atoms with Crippen LogP contribution in [0, 0.1) is 10.1 Å². The average Bonchev–Trinajstić information content (AvgIpc) is 2.35. The first-order valence-corrected chi connectivity index (χ1v) is 5.44. The number of aromatic nitrogens is 1. The van der Waals surface area contributed by atoms with Gasteiger partial charge in [-0.05, 0) is 13.0 Å². The van der Waals surface area contributed by atoms with E-state index in [4.69, 9.17) is 16.7 Å². The molecule has 1 atom stereocenters. The molecule has 1 aromatic heterocycles. The number of aliphatic carboxylic acids is 1. The second-order valence-corrected chi connectivity index (χ2v) is 4.04. The number of carboxylic acid groups (broad SMARTS) is 1. The lowest BCUT2D eigenvalue weighted by atomic mass is 10.2. The van der Waals surface area contributed by atoms with E-state index in [1.54, 1.807) is 0 Å². The number of hydrogen-bond acceptors (Lipinski definition) is 5. The number of nitrogens with zero attached hydrogens (tertiary/aromatic N) is 3. The Labute approximate surface area is 112 Å². The zero-order valence-electron chi connectivity index (χ0n) is 10.0. The molecule has 1 aromatic rings. The first kappa shape index (κ1) is 14.8. The Morgan fingerprint density at radius 2 is 2.16 bits per heavy atom. The Morgan fingerprint density at radius 1 is 1.58 bits per heavy atom. The van der Waals surface area contributed by atoms with Crippen LogP contribution in [0.15, 0.2) is 12.3 Å². The summed E-state index contributed by atoms with van der Waals surface area (Å²) in [7, 11) is 1.24. The van der Waals surface area contributed by atoms with Crippen LogP contribution >= 0.6 is 11.6 Å². The van der Waals surface area contributed by atoms with Gasteiger partial charge in [-0.2, -0.15) is 0 Å². The summed E-state index contributed by atoms with van der Waals surface area (Å²) < 4.78 is 0. The highest BCUT2D eigenvalue weighted by Gasteiger charge is 2.30. The van der Waals surface area contributed by atoms with E-state index in [9.17, 15) is 19.7 Å². The van der Waals surface area contributed by atoms with Crippen LogP contribution in [0.4, 0.5) is 5.69 Å². The monoisotopic (exact) mass is 287 g/mol. The molecule has 1 rings (SSSR count). The zero-order valence-corrected chi connectivity index (χ0v) is 10.8. The molecule has 0 saturated carbocycles. The van der Waals surface area contributed by atoms with Crippen LogP contribution in [0.2, 0.25) is 5.15 Å². The zero-order chi connectivity index (χ0) is 14.7. The number of rotatable bonds is 4. The second-order valence-electron chi connectivity index (χ2n) is 3.69. The molecule has 0 radical (unpaired) electrons. The second kappa shape index (κ2) is 5.61. The van der Waals surface area contributed by atoms with Crippen LogP contribution < -0.4 is 0 Å². The summed E-state index contributed by atoms with van der Waals surface area (Å²) >= 11 is 5.58. The Bertz CT molecular complexity index is 548. The normalized spacial score (nSPS) is 11.7. The minimum absolute atomic E-state index is 0.305. The molecule has 19 heavy (non-hydrogen) atoms. The molecule has 1 amide bonds. The Kier molecular flexibility index (Phi) is 4.38. The highest BCUT2D eigenvalue weighted by Crippen LogP contribution is 2.27. The lowest BCUT2D eigenvalue weighted by Gasteiger charge is -2.21. The summed E-state index contributed by atoms with van der Waals surface area (Å²) in [6.07, 6.45) is 1.14. The fourth-order valence-electron chi connectivity index (χ4n) is 1.31. The summed E-state index contributed by atoms with van der Waals surface area (Å²) in [5.41, 5.74) is -0.945. The third-order valence-corrected chi connectivity index (χ3v) is 2.83. The van der Waals surface area contributed by atoms with E-state index >= 15 is 0 Å². The summed E-state index contributed by atoms with van der Waals surface area (Å²) in [4.78, 5) is 37.3. The van der Waals surface area contributed by atoms with Crippen LogP contribution in [0.25, 0.3) is 0 Å². The minimum Gasteiger partial charge on any atom is -0.480 e. The molecule has 102 valence electrons. The molecule has 1 N–H and O–H groups in total. The van der Waals surface area contributed by atoms with E-state index in [0.29, 0.717) is 0 Å². The van der Waals surface area contributed by atoms with Gasteiger partial charge >= 0.3 is 11.7 Å². The van der Waals surface area contributed by atoms with Crippen molar-refractivity contribution in [3.8, 4) is 0 Å². The number of likely N-dealkylation sites (N-methyl/N-ethyl adjacent to an activating group) is 1. The van der Waals surface area contributed by atoms with E-state index in [-0.39, 0.29) is 5.56 Å². The standard InChI is InChI=1S/C10H10ClN3O5/c1-5(10(16)17)13(2)9(15)6-3-4-12-8(11)7(6)14(18)19/h3-5H,1-2H3,(H,16,17). The lowest BCUT2D eigenvalue weighted by molar-refractivity contribution is -0.385. The van der Waals surface area contributed by atoms with Crippen LogP contribution in [0.5, 0.6) is 0 Å². The molecule has 9 heteroatoms. The first-order chi connectivity index (χ1) is 8.77. The van der Waals surface area contributed by atoms with Crippen LogP contribution in [0.1, 0.15) is 17.3 Å². The molecule has 0 aromatic carbocycles. The number of hydrogen-bond donors (Lipinski definition) is 1. The van der Waals surface area contributed by atoms with Gasteiger partial charge in [-0.1, -0.05) is 11.6 Å². The highest BCUT2D eigenvalue weighted by atomic mass is 35.5. The van der Waals surface area contributed by atoms with Crippen LogP contribution in [-0.4, -0.2) is 44.9 Å². The molecule has 0 fully saturated rings. The van der Waals surface area contributed by atoms with Gasteiger partial charge in [0.15, 0.2) is 0 Å². The number of carbonyl (C=O) groups excluding carboxylic acids is 1. The average molecular weight is 288 g/mol. The van der Waals surface area contributed by atoms with Crippen molar-refractivity contribution in [1.82, 2.24) is 9.88 Å². The van der Waals surface area contributed by atoms with E-state index in [2.05, 4.69) is 4.98 Å². The molecule has 0 bridgehead atoms. The molecule has 0 aliphatic carbocycles. The molecular weight excluding hydrogens is 278 g/mol. The Balaban J connectivity index is 3.24. The Hall–Kier alpha value is -2.22. The quantitative estimate of drug-likeness (QED) is 0.505. The van der Waals surface area contributed by atoms with E-state index in [0.717, 1.165) is 17.2 Å². The van der Waals surface area contributed by atoms with Crippen molar-refractivity contribution in [2.75, 3.05) is 7.05 Å². The molecule has 0 aliphatic heterocycles. The van der Waals surface area contributed by atoms with Crippen molar-refractivity contribution >= 4 is 29.2 Å². The SMILES string of the molecule is CC(C(=O)O)N(C)C(=O)c1ccnc(Cl)c1[N+](=O)[O-]. The number of carbonyl (C=O) groups is 2. The van der Waals surface area contributed by atoms with Gasteiger partial charge in [-0.15, -0.1) is 0 Å². The topological polar surface area (TPSA) is 114 Å².